The zero-order valence-corrected chi connectivity index (χ0v) is 19.1. The number of carbonyl (C=O) groups is 1. The number of rotatable bonds is 6. The van der Waals surface area contributed by atoms with Crippen molar-refractivity contribution in [2.24, 2.45) is 0 Å². The van der Waals surface area contributed by atoms with E-state index in [-0.39, 0.29) is 24.2 Å². The number of nitrogens with zero attached hydrogens (tertiary/aromatic N) is 2. The molecule has 0 bridgehead atoms. The summed E-state index contributed by atoms with van der Waals surface area (Å²) in [5.74, 6) is 1.06. The van der Waals surface area contributed by atoms with Crippen molar-refractivity contribution < 1.29 is 18.7 Å². The van der Waals surface area contributed by atoms with Gasteiger partial charge in [0.15, 0.2) is 5.11 Å². The van der Waals surface area contributed by atoms with Crippen molar-refractivity contribution in [2.45, 2.75) is 31.0 Å². The molecule has 3 atom stereocenters. The van der Waals surface area contributed by atoms with Gasteiger partial charge in [-0.2, -0.15) is 0 Å². The third-order valence-electron chi connectivity index (χ3n) is 6.11. The van der Waals surface area contributed by atoms with Crippen molar-refractivity contribution in [3.63, 3.8) is 0 Å². The Labute approximate surface area is 197 Å². The molecule has 170 valence electrons. The number of pyridine rings is 1. The first kappa shape index (κ1) is 21.6. The first-order valence-electron chi connectivity index (χ1n) is 11.0. The minimum Gasteiger partial charge on any atom is -0.465 e. The standard InChI is InChI=1S/C25H25N3O4S/c1-30-24(29)17-7-4-6-16(14-17)20-10-11-21(32-20)23-22(19-9-2-3-12-26-19)27-25(33)28(23)15-18-8-5-13-31-18/h2-4,6-7,9-12,14,18,22-23H,5,8,13,15H2,1H3,(H,27,33). The SMILES string of the molecule is COC(=O)c1cccc(-c2ccc(C3C(c4ccccn4)NC(=S)N3CC3CCCO3)o2)c1. The molecule has 5 rings (SSSR count). The van der Waals surface area contributed by atoms with E-state index in [1.54, 1.807) is 18.3 Å². The fourth-order valence-corrected chi connectivity index (χ4v) is 4.82. The molecule has 1 N–H and O–H groups in total. The summed E-state index contributed by atoms with van der Waals surface area (Å²) in [7, 11) is 1.37. The molecule has 2 aliphatic rings. The summed E-state index contributed by atoms with van der Waals surface area (Å²) in [5, 5.41) is 4.11. The van der Waals surface area contributed by atoms with Crippen molar-refractivity contribution in [3.8, 4) is 11.3 Å². The van der Waals surface area contributed by atoms with Crippen LogP contribution in [0.25, 0.3) is 11.3 Å². The highest BCUT2D eigenvalue weighted by Crippen LogP contribution is 2.41. The van der Waals surface area contributed by atoms with Gasteiger partial charge < -0.3 is 24.1 Å². The largest absolute Gasteiger partial charge is 0.465 e. The topological polar surface area (TPSA) is 76.8 Å². The zero-order valence-electron chi connectivity index (χ0n) is 18.3. The normalized spacial score (nSPS) is 22.4. The lowest BCUT2D eigenvalue weighted by atomic mass is 10.0. The highest BCUT2D eigenvalue weighted by Gasteiger charge is 2.42. The Morgan fingerprint density at radius 2 is 2.15 bits per heavy atom. The van der Waals surface area contributed by atoms with Gasteiger partial charge in [-0.05, 0) is 61.5 Å². The van der Waals surface area contributed by atoms with E-state index in [2.05, 4.69) is 15.2 Å². The number of ether oxygens (including phenoxy) is 2. The zero-order chi connectivity index (χ0) is 22.8. The Hall–Kier alpha value is -3.23. The van der Waals surface area contributed by atoms with Crippen LogP contribution in [-0.2, 0) is 9.47 Å². The maximum absolute atomic E-state index is 12.0. The van der Waals surface area contributed by atoms with Crippen molar-refractivity contribution >= 4 is 23.3 Å². The molecule has 0 radical (unpaired) electrons. The van der Waals surface area contributed by atoms with Gasteiger partial charge in [-0.15, -0.1) is 0 Å². The lowest BCUT2D eigenvalue weighted by molar-refractivity contribution is 0.0600. The van der Waals surface area contributed by atoms with Gasteiger partial charge in [0.25, 0.3) is 0 Å². The number of furan rings is 1. The molecular formula is C25H25N3O4S. The van der Waals surface area contributed by atoms with Crippen LogP contribution < -0.4 is 5.32 Å². The van der Waals surface area contributed by atoms with E-state index in [0.717, 1.165) is 36.5 Å². The van der Waals surface area contributed by atoms with Gasteiger partial charge in [0, 0.05) is 24.9 Å². The summed E-state index contributed by atoms with van der Waals surface area (Å²) >= 11 is 5.73. The van der Waals surface area contributed by atoms with E-state index in [9.17, 15) is 4.79 Å². The minimum atomic E-state index is -0.382. The molecule has 2 saturated heterocycles. The van der Waals surface area contributed by atoms with Gasteiger partial charge in [0.1, 0.15) is 17.6 Å². The van der Waals surface area contributed by atoms with E-state index in [1.807, 2.05) is 42.5 Å². The number of aromatic nitrogens is 1. The van der Waals surface area contributed by atoms with Crippen LogP contribution in [0.3, 0.4) is 0 Å². The van der Waals surface area contributed by atoms with Crippen LogP contribution in [0, 0.1) is 0 Å². The average Bonchev–Trinajstić information content (AvgIpc) is 3.61. The predicted octanol–water partition coefficient (Wildman–Crippen LogP) is 4.28. The molecule has 8 heteroatoms. The Bertz CT molecular complexity index is 1140. The fraction of sp³-hybridized carbons (Fsp3) is 0.320. The number of hydrogen-bond donors (Lipinski definition) is 1. The van der Waals surface area contributed by atoms with Gasteiger partial charge in [-0.3, -0.25) is 4.98 Å². The summed E-state index contributed by atoms with van der Waals surface area (Å²) in [6.45, 7) is 1.47. The number of nitrogens with one attached hydrogen (secondary N) is 1. The second-order valence-electron chi connectivity index (χ2n) is 8.19. The molecule has 0 aliphatic carbocycles. The van der Waals surface area contributed by atoms with Gasteiger partial charge >= 0.3 is 5.97 Å². The van der Waals surface area contributed by atoms with Crippen molar-refractivity contribution in [1.82, 2.24) is 15.2 Å². The molecule has 33 heavy (non-hydrogen) atoms. The third kappa shape index (κ3) is 4.36. The van der Waals surface area contributed by atoms with Crippen LogP contribution in [-0.4, -0.2) is 47.3 Å². The van der Waals surface area contributed by atoms with E-state index in [1.165, 1.54) is 7.11 Å². The molecule has 0 amide bonds. The molecule has 3 unspecified atom stereocenters. The molecule has 1 aromatic carbocycles. The first-order chi connectivity index (χ1) is 16.1. The molecule has 2 fully saturated rings. The van der Waals surface area contributed by atoms with Crippen molar-refractivity contribution in [1.29, 1.82) is 0 Å². The van der Waals surface area contributed by atoms with Crippen LogP contribution in [0.5, 0.6) is 0 Å². The Balaban J connectivity index is 1.49. The minimum absolute atomic E-state index is 0.140. The molecule has 3 aromatic rings. The lowest BCUT2D eigenvalue weighted by Gasteiger charge is -2.28. The highest BCUT2D eigenvalue weighted by atomic mass is 32.1. The second kappa shape index (κ2) is 9.33. The maximum Gasteiger partial charge on any atom is 0.337 e. The van der Waals surface area contributed by atoms with E-state index in [0.29, 0.717) is 23.0 Å². The summed E-state index contributed by atoms with van der Waals surface area (Å²) in [4.78, 5) is 18.7. The van der Waals surface area contributed by atoms with Crippen LogP contribution >= 0.6 is 12.2 Å². The van der Waals surface area contributed by atoms with Gasteiger partial charge in [0.2, 0.25) is 0 Å². The van der Waals surface area contributed by atoms with Gasteiger partial charge in [-0.1, -0.05) is 18.2 Å². The monoisotopic (exact) mass is 463 g/mol. The summed E-state index contributed by atoms with van der Waals surface area (Å²) in [6, 6.07) is 16.6. The van der Waals surface area contributed by atoms with E-state index in [4.69, 9.17) is 26.1 Å². The smallest absolute Gasteiger partial charge is 0.337 e. The van der Waals surface area contributed by atoms with Crippen LogP contribution in [0.1, 0.15) is 46.7 Å². The molecule has 7 nitrogen and oxygen atoms in total. The number of methoxy groups -OCH3 is 1. The predicted molar refractivity (Wildman–Crippen MR) is 127 cm³/mol. The molecular weight excluding hydrogens is 438 g/mol. The summed E-state index contributed by atoms with van der Waals surface area (Å²) in [5.41, 5.74) is 2.17. The molecule has 2 aliphatic heterocycles. The quantitative estimate of drug-likeness (QED) is 0.429. The maximum atomic E-state index is 12.0. The Morgan fingerprint density at radius 3 is 2.91 bits per heavy atom. The molecule has 2 aromatic heterocycles. The Kier molecular flexibility index (Phi) is 6.11. The second-order valence-corrected chi connectivity index (χ2v) is 8.58. The number of esters is 1. The molecule has 0 spiro atoms. The molecule has 4 heterocycles. The summed E-state index contributed by atoms with van der Waals surface area (Å²) in [6.07, 6.45) is 4.00. The first-order valence-corrected chi connectivity index (χ1v) is 11.4. The van der Waals surface area contributed by atoms with Gasteiger partial charge in [0.05, 0.1) is 30.5 Å². The number of carbonyl (C=O) groups excluding carboxylic acids is 1. The fourth-order valence-electron chi connectivity index (χ4n) is 4.50. The lowest BCUT2D eigenvalue weighted by Crippen LogP contribution is -2.36. The van der Waals surface area contributed by atoms with Crippen LogP contribution in [0.15, 0.2) is 65.2 Å². The van der Waals surface area contributed by atoms with E-state index < -0.39 is 0 Å². The van der Waals surface area contributed by atoms with Crippen molar-refractivity contribution in [2.75, 3.05) is 20.3 Å². The average molecular weight is 464 g/mol. The van der Waals surface area contributed by atoms with Crippen molar-refractivity contribution in [3.05, 3.63) is 77.8 Å². The summed E-state index contributed by atoms with van der Waals surface area (Å²) < 4.78 is 17.1. The van der Waals surface area contributed by atoms with Crippen LogP contribution in [0.2, 0.25) is 0 Å². The number of hydrogen-bond acceptors (Lipinski definition) is 6. The number of benzene rings is 1. The van der Waals surface area contributed by atoms with E-state index >= 15 is 0 Å². The highest BCUT2D eigenvalue weighted by molar-refractivity contribution is 7.80. The molecule has 0 saturated carbocycles. The Morgan fingerprint density at radius 1 is 1.24 bits per heavy atom. The van der Waals surface area contributed by atoms with Gasteiger partial charge in [-0.25, -0.2) is 4.79 Å². The van der Waals surface area contributed by atoms with Crippen LogP contribution in [0.4, 0.5) is 0 Å². The number of thiocarbonyl (C=S) groups is 1. The third-order valence-corrected chi connectivity index (χ3v) is 6.46.